The molecule has 1 aromatic rings. The maximum absolute atomic E-state index is 12.1. The smallest absolute Gasteiger partial charge is 0.303 e. The summed E-state index contributed by atoms with van der Waals surface area (Å²) < 4.78 is 33.0. The molecule has 0 spiro atoms. The van der Waals surface area contributed by atoms with Crippen LogP contribution in [0.4, 0.5) is 0 Å². The van der Waals surface area contributed by atoms with Gasteiger partial charge in [-0.05, 0) is 31.4 Å². The summed E-state index contributed by atoms with van der Waals surface area (Å²) >= 11 is 0. The van der Waals surface area contributed by atoms with Crippen LogP contribution >= 0.6 is 0 Å². The second-order valence-corrected chi connectivity index (χ2v) is 7.07. The zero-order valence-electron chi connectivity index (χ0n) is 11.1. The molecule has 6 nitrogen and oxygen atoms in total. The molecule has 2 fully saturated rings. The van der Waals surface area contributed by atoms with E-state index in [1.807, 2.05) is 6.07 Å². The lowest BCUT2D eigenvalue weighted by molar-refractivity contribution is -0.120. The number of carbonyl (C=O) groups excluding carboxylic acids is 1. The number of nitrogens with zero attached hydrogens (tertiary/aromatic N) is 1. The topological polar surface area (TPSA) is 79.6 Å². The Labute approximate surface area is 118 Å². The first-order valence-electron chi connectivity index (χ1n) is 6.93. The van der Waals surface area contributed by atoms with E-state index in [9.17, 15) is 13.2 Å². The Hall–Kier alpha value is -1.34. The van der Waals surface area contributed by atoms with E-state index in [-0.39, 0.29) is 11.8 Å². The van der Waals surface area contributed by atoms with Crippen molar-refractivity contribution in [3.05, 3.63) is 24.2 Å². The number of carbonyl (C=O) groups is 1. The van der Waals surface area contributed by atoms with Gasteiger partial charge in [0, 0.05) is 24.9 Å². The molecule has 0 unspecified atom stereocenters. The van der Waals surface area contributed by atoms with Crippen LogP contribution in [-0.4, -0.2) is 31.7 Å². The average Bonchev–Trinajstić information content (AvgIpc) is 3.06. The molecule has 1 saturated heterocycles. The van der Waals surface area contributed by atoms with Gasteiger partial charge in [0.15, 0.2) is 0 Å². The van der Waals surface area contributed by atoms with E-state index in [4.69, 9.17) is 4.42 Å². The van der Waals surface area contributed by atoms with E-state index in [1.54, 1.807) is 12.3 Å². The summed E-state index contributed by atoms with van der Waals surface area (Å²) in [5, 5.41) is 0. The second kappa shape index (κ2) is 5.21. The summed E-state index contributed by atoms with van der Waals surface area (Å²) in [7, 11) is -3.68. The first-order valence-corrected chi connectivity index (χ1v) is 8.37. The van der Waals surface area contributed by atoms with Crippen molar-refractivity contribution in [2.75, 3.05) is 13.1 Å². The van der Waals surface area contributed by atoms with Crippen LogP contribution in [0.1, 0.15) is 37.4 Å². The third-order valence-electron chi connectivity index (χ3n) is 3.92. The van der Waals surface area contributed by atoms with Gasteiger partial charge in [-0.1, -0.05) is 6.42 Å². The van der Waals surface area contributed by atoms with Gasteiger partial charge in [0.05, 0.1) is 6.26 Å². The number of piperidine rings is 1. The van der Waals surface area contributed by atoms with Gasteiger partial charge < -0.3 is 4.42 Å². The third-order valence-corrected chi connectivity index (χ3v) is 5.42. The van der Waals surface area contributed by atoms with Gasteiger partial charge in [0.2, 0.25) is 5.91 Å². The highest BCUT2D eigenvalue weighted by Crippen LogP contribution is 2.47. The van der Waals surface area contributed by atoms with Crippen LogP contribution < -0.4 is 4.72 Å². The number of furan rings is 1. The minimum Gasteiger partial charge on any atom is -0.469 e. The van der Waals surface area contributed by atoms with Crippen LogP contribution in [0.25, 0.3) is 0 Å². The zero-order chi connectivity index (χ0) is 14.2. The van der Waals surface area contributed by atoms with Crippen LogP contribution in [0, 0.1) is 5.92 Å². The molecule has 1 aromatic heterocycles. The van der Waals surface area contributed by atoms with E-state index in [0.717, 1.165) is 25.0 Å². The summed E-state index contributed by atoms with van der Waals surface area (Å²) in [6.45, 7) is 0.990. The molecule has 1 amide bonds. The molecule has 0 bridgehead atoms. The highest BCUT2D eigenvalue weighted by atomic mass is 32.2. The number of amides is 1. The summed E-state index contributed by atoms with van der Waals surface area (Å²) in [6.07, 6.45) is 4.96. The van der Waals surface area contributed by atoms with E-state index in [1.165, 1.54) is 4.31 Å². The van der Waals surface area contributed by atoms with Crippen molar-refractivity contribution in [3.63, 3.8) is 0 Å². The molecule has 20 heavy (non-hydrogen) atoms. The Balaban J connectivity index is 1.59. The molecule has 0 aromatic carbocycles. The van der Waals surface area contributed by atoms with E-state index in [0.29, 0.717) is 19.5 Å². The lowest BCUT2D eigenvalue weighted by Gasteiger charge is -2.25. The number of rotatable bonds is 4. The van der Waals surface area contributed by atoms with Crippen molar-refractivity contribution in [2.24, 2.45) is 5.92 Å². The first-order chi connectivity index (χ1) is 9.58. The minimum atomic E-state index is -3.68. The molecule has 0 radical (unpaired) electrons. The maximum Gasteiger partial charge on any atom is 0.303 e. The normalized spacial score (nSPS) is 27.2. The van der Waals surface area contributed by atoms with Gasteiger partial charge in [-0.2, -0.15) is 12.7 Å². The molecule has 1 saturated carbocycles. The van der Waals surface area contributed by atoms with Crippen LogP contribution in [0.5, 0.6) is 0 Å². The van der Waals surface area contributed by atoms with Crippen molar-refractivity contribution in [1.82, 2.24) is 9.03 Å². The van der Waals surface area contributed by atoms with Crippen LogP contribution in [0.3, 0.4) is 0 Å². The Morgan fingerprint density at radius 1 is 1.30 bits per heavy atom. The molecular formula is C13H18N2O4S. The van der Waals surface area contributed by atoms with Crippen molar-refractivity contribution < 1.29 is 17.6 Å². The predicted octanol–water partition coefficient (Wildman–Crippen LogP) is 1.23. The molecule has 110 valence electrons. The Bertz CT molecular complexity index is 576. The maximum atomic E-state index is 12.1. The molecule has 2 aliphatic rings. The Kier molecular flexibility index (Phi) is 3.55. The standard InChI is InChI=1S/C13H18N2O4S/c16-13(11-9-10(11)12-5-4-8-19-12)14-20(17,18)15-6-2-1-3-7-15/h4-5,8,10-11H,1-3,6-7,9H2,(H,14,16)/t10-,11-/m0/s1. The van der Waals surface area contributed by atoms with Crippen LogP contribution in [0.15, 0.2) is 22.8 Å². The molecular weight excluding hydrogens is 280 g/mol. The van der Waals surface area contributed by atoms with Crippen molar-refractivity contribution in [2.45, 2.75) is 31.6 Å². The third kappa shape index (κ3) is 2.73. The molecule has 1 aliphatic carbocycles. The number of hydrogen-bond donors (Lipinski definition) is 1. The molecule has 1 N–H and O–H groups in total. The SMILES string of the molecule is O=C(NS(=O)(=O)N1CCCCC1)[C@H]1C[C@@H]1c1ccco1. The summed E-state index contributed by atoms with van der Waals surface area (Å²) in [6, 6.07) is 3.59. The summed E-state index contributed by atoms with van der Waals surface area (Å²) in [5.74, 6) is 0.0553. The van der Waals surface area contributed by atoms with Crippen molar-refractivity contribution >= 4 is 16.1 Å². The fourth-order valence-electron chi connectivity index (χ4n) is 2.67. The summed E-state index contributed by atoms with van der Waals surface area (Å²) in [5.41, 5.74) is 0. The Morgan fingerprint density at radius 2 is 2.05 bits per heavy atom. The molecule has 7 heteroatoms. The molecule has 2 atom stereocenters. The number of nitrogens with one attached hydrogen (secondary N) is 1. The first kappa shape index (κ1) is 13.6. The monoisotopic (exact) mass is 298 g/mol. The van der Waals surface area contributed by atoms with Gasteiger partial charge in [-0.3, -0.25) is 4.79 Å². The average molecular weight is 298 g/mol. The van der Waals surface area contributed by atoms with Gasteiger partial charge in [0.25, 0.3) is 0 Å². The fraction of sp³-hybridized carbons (Fsp3) is 0.615. The lowest BCUT2D eigenvalue weighted by Crippen LogP contribution is -2.46. The lowest BCUT2D eigenvalue weighted by atomic mass is 10.2. The van der Waals surface area contributed by atoms with Crippen LogP contribution in [0.2, 0.25) is 0 Å². The van der Waals surface area contributed by atoms with Crippen LogP contribution in [-0.2, 0) is 15.0 Å². The van der Waals surface area contributed by atoms with Gasteiger partial charge in [0.1, 0.15) is 5.76 Å². The highest BCUT2D eigenvalue weighted by molar-refractivity contribution is 7.87. The van der Waals surface area contributed by atoms with Gasteiger partial charge in [-0.15, -0.1) is 0 Å². The minimum absolute atomic E-state index is 0.0153. The fourth-order valence-corrected chi connectivity index (χ4v) is 3.95. The van der Waals surface area contributed by atoms with Crippen molar-refractivity contribution in [3.8, 4) is 0 Å². The zero-order valence-corrected chi connectivity index (χ0v) is 11.9. The largest absolute Gasteiger partial charge is 0.469 e. The van der Waals surface area contributed by atoms with Gasteiger partial charge in [-0.25, -0.2) is 4.72 Å². The number of hydrogen-bond acceptors (Lipinski definition) is 4. The molecule has 3 rings (SSSR count). The Morgan fingerprint density at radius 3 is 2.70 bits per heavy atom. The van der Waals surface area contributed by atoms with Gasteiger partial charge >= 0.3 is 10.2 Å². The molecule has 2 heterocycles. The quantitative estimate of drug-likeness (QED) is 0.906. The van der Waals surface area contributed by atoms with E-state index < -0.39 is 16.1 Å². The predicted molar refractivity (Wildman–Crippen MR) is 72.0 cm³/mol. The van der Waals surface area contributed by atoms with Crippen molar-refractivity contribution in [1.29, 1.82) is 0 Å². The van der Waals surface area contributed by atoms with E-state index >= 15 is 0 Å². The van der Waals surface area contributed by atoms with E-state index in [2.05, 4.69) is 4.72 Å². The summed E-state index contributed by atoms with van der Waals surface area (Å²) in [4.78, 5) is 12.0. The second-order valence-electron chi connectivity index (χ2n) is 5.40. The molecule has 1 aliphatic heterocycles. The highest BCUT2D eigenvalue weighted by Gasteiger charge is 2.47.